The average Bonchev–Trinajstić information content (AvgIpc) is 2.41. The second kappa shape index (κ2) is 30.4. The molecule has 0 bridgehead atoms. The first-order valence-corrected chi connectivity index (χ1v) is 6.42. The molecule has 0 saturated carbocycles. The molecule has 0 aliphatic carbocycles. The maximum atomic E-state index is 9.59. The highest BCUT2D eigenvalue weighted by Gasteiger charge is 1.78. The van der Waals surface area contributed by atoms with Crippen molar-refractivity contribution in [2.75, 3.05) is 41.7 Å². The Hall–Kier alpha value is -0.650. The maximum Gasteiger partial charge on any atom is 0.302 e. The van der Waals surface area contributed by atoms with Gasteiger partial charge < -0.3 is 18.9 Å². The summed E-state index contributed by atoms with van der Waals surface area (Å²) < 4.78 is 18.1. The summed E-state index contributed by atoms with van der Waals surface area (Å²) in [6, 6.07) is 0. The first-order valence-electron chi connectivity index (χ1n) is 6.42. The Morgan fingerprint density at radius 2 is 1.32 bits per heavy atom. The van der Waals surface area contributed by atoms with Gasteiger partial charge in [0.05, 0.1) is 13.2 Å². The van der Waals surface area contributed by atoms with Gasteiger partial charge >= 0.3 is 5.97 Å². The van der Waals surface area contributed by atoms with Gasteiger partial charge in [0, 0.05) is 41.5 Å². The van der Waals surface area contributed by atoms with E-state index >= 15 is 0 Å². The van der Waals surface area contributed by atoms with Crippen LogP contribution in [0.5, 0.6) is 0 Å². The SMILES string of the molecule is CCCOC.CCOC.COC(C)=O.COC(C)C. The molecule has 0 N–H and O–H groups in total. The van der Waals surface area contributed by atoms with Crippen LogP contribution >= 0.6 is 0 Å². The Morgan fingerprint density at radius 1 is 1.00 bits per heavy atom. The monoisotopic (exact) mass is 282 g/mol. The number of carbonyl (C=O) groups is 1. The molecule has 0 aromatic rings. The molecule has 0 aromatic carbocycles. The largest absolute Gasteiger partial charge is 0.469 e. The summed E-state index contributed by atoms with van der Waals surface area (Å²) >= 11 is 0. The molecule has 0 aliphatic heterocycles. The van der Waals surface area contributed by atoms with Crippen molar-refractivity contribution in [3.63, 3.8) is 0 Å². The first-order chi connectivity index (χ1) is 8.87. The van der Waals surface area contributed by atoms with Crippen molar-refractivity contribution in [2.45, 2.75) is 47.1 Å². The van der Waals surface area contributed by atoms with E-state index in [4.69, 9.17) is 9.47 Å². The zero-order valence-electron chi connectivity index (χ0n) is 14.2. The van der Waals surface area contributed by atoms with E-state index < -0.39 is 0 Å². The van der Waals surface area contributed by atoms with E-state index in [9.17, 15) is 4.79 Å². The average molecular weight is 282 g/mol. The lowest BCUT2D eigenvalue weighted by atomic mass is 10.5. The predicted octanol–water partition coefficient (Wildman–Crippen LogP) is 2.92. The van der Waals surface area contributed by atoms with Crippen LogP contribution in [-0.4, -0.2) is 53.7 Å². The van der Waals surface area contributed by atoms with Crippen LogP contribution in [0.15, 0.2) is 0 Å². The second-order valence-corrected chi connectivity index (χ2v) is 3.55. The van der Waals surface area contributed by atoms with E-state index in [0.29, 0.717) is 6.10 Å². The van der Waals surface area contributed by atoms with Gasteiger partial charge in [-0.25, -0.2) is 0 Å². The molecular weight excluding hydrogens is 248 g/mol. The minimum Gasteiger partial charge on any atom is -0.469 e. The smallest absolute Gasteiger partial charge is 0.302 e. The number of esters is 1. The standard InChI is InChI=1S/2C4H10O.C3H6O2.C3H8O/c1-4(2)5-3;1-3-4-5-2;1-3(4)5-2;1-3-4-2/h4H,1-3H3;3-4H2,1-2H3;1-2H3;3H2,1-2H3. The van der Waals surface area contributed by atoms with Crippen LogP contribution in [0, 0.1) is 0 Å². The third kappa shape index (κ3) is 101. The van der Waals surface area contributed by atoms with Gasteiger partial charge in [-0.1, -0.05) is 6.92 Å². The molecule has 5 nitrogen and oxygen atoms in total. The van der Waals surface area contributed by atoms with Crippen molar-refractivity contribution >= 4 is 5.97 Å². The van der Waals surface area contributed by atoms with Crippen molar-refractivity contribution in [1.29, 1.82) is 0 Å². The highest BCUT2D eigenvalue weighted by molar-refractivity contribution is 5.65. The van der Waals surface area contributed by atoms with Gasteiger partial charge in [-0.15, -0.1) is 0 Å². The molecule has 0 fully saturated rings. The van der Waals surface area contributed by atoms with Gasteiger partial charge in [0.2, 0.25) is 0 Å². The summed E-state index contributed by atoms with van der Waals surface area (Å²) in [7, 11) is 6.44. The zero-order chi connectivity index (χ0) is 16.1. The van der Waals surface area contributed by atoms with Crippen molar-refractivity contribution in [2.24, 2.45) is 0 Å². The van der Waals surface area contributed by atoms with Crippen molar-refractivity contribution in [3.05, 3.63) is 0 Å². The Morgan fingerprint density at radius 3 is 1.32 bits per heavy atom. The van der Waals surface area contributed by atoms with Crippen LogP contribution in [0.4, 0.5) is 0 Å². The van der Waals surface area contributed by atoms with Crippen molar-refractivity contribution in [1.82, 2.24) is 0 Å². The molecule has 19 heavy (non-hydrogen) atoms. The van der Waals surface area contributed by atoms with Gasteiger partial charge in [-0.05, 0) is 27.2 Å². The molecule has 0 atom stereocenters. The van der Waals surface area contributed by atoms with Crippen LogP contribution in [-0.2, 0) is 23.7 Å². The first kappa shape index (κ1) is 26.8. The number of carbonyl (C=O) groups excluding carboxylic acids is 1. The summed E-state index contributed by atoms with van der Waals surface area (Å²) in [6.07, 6.45) is 1.51. The minimum atomic E-state index is -0.245. The molecule has 0 unspecified atom stereocenters. The van der Waals surface area contributed by atoms with E-state index in [2.05, 4.69) is 16.4 Å². The summed E-state index contributed by atoms with van der Waals surface area (Å²) in [5.74, 6) is -0.245. The molecular formula is C14H34O5. The van der Waals surface area contributed by atoms with E-state index in [1.807, 2.05) is 20.8 Å². The fourth-order valence-electron chi connectivity index (χ4n) is 0.204. The molecule has 0 amide bonds. The normalized spacial score (nSPS) is 8.11. The Balaban J connectivity index is -0.0000000793. The van der Waals surface area contributed by atoms with E-state index in [1.54, 1.807) is 21.3 Å². The van der Waals surface area contributed by atoms with Gasteiger partial charge in [0.15, 0.2) is 0 Å². The fraction of sp³-hybridized carbons (Fsp3) is 0.929. The van der Waals surface area contributed by atoms with Gasteiger partial charge in [-0.3, -0.25) is 4.79 Å². The van der Waals surface area contributed by atoms with Gasteiger partial charge in [-0.2, -0.15) is 0 Å². The lowest BCUT2D eigenvalue weighted by Crippen LogP contribution is -1.94. The van der Waals surface area contributed by atoms with Gasteiger partial charge in [0.1, 0.15) is 0 Å². The fourth-order valence-corrected chi connectivity index (χ4v) is 0.204. The van der Waals surface area contributed by atoms with Crippen LogP contribution in [0.25, 0.3) is 0 Å². The molecule has 0 radical (unpaired) electrons. The molecule has 0 aromatic heterocycles. The van der Waals surface area contributed by atoms with Crippen molar-refractivity contribution < 1.29 is 23.7 Å². The number of hydrogen-bond acceptors (Lipinski definition) is 5. The summed E-state index contributed by atoms with van der Waals surface area (Å²) in [5, 5.41) is 0. The van der Waals surface area contributed by atoms with Crippen molar-refractivity contribution in [3.8, 4) is 0 Å². The van der Waals surface area contributed by atoms with Crippen LogP contribution in [0.2, 0.25) is 0 Å². The number of hydrogen-bond donors (Lipinski definition) is 0. The molecule has 5 heteroatoms. The molecule has 0 rings (SSSR count). The third-order valence-electron chi connectivity index (χ3n) is 1.46. The highest BCUT2D eigenvalue weighted by Crippen LogP contribution is 1.77. The lowest BCUT2D eigenvalue weighted by molar-refractivity contribution is -0.137. The topological polar surface area (TPSA) is 54.0 Å². The summed E-state index contributed by atoms with van der Waals surface area (Å²) in [6.45, 7) is 11.1. The molecule has 120 valence electrons. The van der Waals surface area contributed by atoms with Crippen LogP contribution < -0.4 is 0 Å². The molecule has 0 spiro atoms. The third-order valence-corrected chi connectivity index (χ3v) is 1.46. The zero-order valence-corrected chi connectivity index (χ0v) is 14.2. The van der Waals surface area contributed by atoms with E-state index in [-0.39, 0.29) is 5.97 Å². The number of rotatable bonds is 4. The lowest BCUT2D eigenvalue weighted by Gasteiger charge is -1.94. The molecule has 0 saturated heterocycles. The Labute approximate surface area is 119 Å². The number of ether oxygens (including phenoxy) is 4. The quantitative estimate of drug-likeness (QED) is 0.742. The van der Waals surface area contributed by atoms with Crippen LogP contribution in [0.1, 0.15) is 41.0 Å². The second-order valence-electron chi connectivity index (χ2n) is 3.55. The highest BCUT2D eigenvalue weighted by atomic mass is 16.5. The van der Waals surface area contributed by atoms with Gasteiger partial charge in [0.25, 0.3) is 0 Å². The maximum absolute atomic E-state index is 9.59. The van der Waals surface area contributed by atoms with E-state index in [0.717, 1.165) is 19.6 Å². The number of methoxy groups -OCH3 is 4. The molecule has 0 heterocycles. The summed E-state index contributed by atoms with van der Waals surface area (Å²) in [5.41, 5.74) is 0. The van der Waals surface area contributed by atoms with Crippen LogP contribution in [0.3, 0.4) is 0 Å². The Kier molecular flexibility index (Phi) is 42.9. The summed E-state index contributed by atoms with van der Waals surface area (Å²) in [4.78, 5) is 9.59. The van der Waals surface area contributed by atoms with E-state index in [1.165, 1.54) is 14.0 Å². The Bertz CT molecular complexity index is 134. The molecule has 0 aliphatic rings. The predicted molar refractivity (Wildman–Crippen MR) is 79.6 cm³/mol. The minimum absolute atomic E-state index is 0.245.